The fourth-order valence-electron chi connectivity index (χ4n) is 1.28. The lowest BCUT2D eigenvalue weighted by molar-refractivity contribution is 0.0605. The van der Waals surface area contributed by atoms with E-state index >= 15 is 0 Å². The maximum Gasteiger partial charge on any atom is 0.349 e. The van der Waals surface area contributed by atoms with E-state index in [-0.39, 0.29) is 5.97 Å². The average molecular weight is 249 g/mol. The van der Waals surface area contributed by atoms with Crippen LogP contribution in [0.3, 0.4) is 0 Å². The van der Waals surface area contributed by atoms with Gasteiger partial charge in [-0.25, -0.2) is 19.7 Å². The van der Waals surface area contributed by atoms with Crippen molar-refractivity contribution in [3.63, 3.8) is 0 Å². The summed E-state index contributed by atoms with van der Waals surface area (Å²) in [6.07, 6.45) is 3.44. The van der Waals surface area contributed by atoms with Gasteiger partial charge >= 0.3 is 5.97 Å². The first kappa shape index (κ1) is 11.7. The Hall–Kier alpha value is -1.82. The van der Waals surface area contributed by atoms with Gasteiger partial charge in [-0.15, -0.1) is 11.3 Å². The molecule has 0 saturated heterocycles. The van der Waals surface area contributed by atoms with Crippen LogP contribution in [0.25, 0.3) is 10.8 Å². The van der Waals surface area contributed by atoms with Gasteiger partial charge in [0.1, 0.15) is 4.88 Å². The first-order valence-corrected chi connectivity index (χ1v) is 5.78. The molecule has 17 heavy (non-hydrogen) atoms. The van der Waals surface area contributed by atoms with Crippen LogP contribution in [0, 0.1) is 13.8 Å². The molecule has 0 bridgehead atoms. The van der Waals surface area contributed by atoms with Crippen LogP contribution in [-0.2, 0) is 4.74 Å². The summed E-state index contributed by atoms with van der Waals surface area (Å²) in [6, 6.07) is 0. The van der Waals surface area contributed by atoms with Gasteiger partial charge in [0, 0.05) is 12.4 Å². The Labute approximate surface area is 103 Å². The van der Waals surface area contributed by atoms with Gasteiger partial charge in [-0.05, 0) is 19.4 Å². The van der Waals surface area contributed by atoms with Gasteiger partial charge in [0.15, 0.2) is 10.8 Å². The zero-order valence-electron chi connectivity index (χ0n) is 9.72. The van der Waals surface area contributed by atoms with E-state index < -0.39 is 0 Å². The van der Waals surface area contributed by atoms with E-state index in [1.807, 2.05) is 6.92 Å². The number of ether oxygens (including phenoxy) is 1. The van der Waals surface area contributed by atoms with Crippen LogP contribution in [0.2, 0.25) is 0 Å². The highest BCUT2D eigenvalue weighted by molar-refractivity contribution is 7.16. The van der Waals surface area contributed by atoms with Crippen molar-refractivity contribution in [1.29, 1.82) is 0 Å². The molecule has 0 fully saturated rings. The van der Waals surface area contributed by atoms with Gasteiger partial charge < -0.3 is 4.74 Å². The minimum atomic E-state index is -0.377. The van der Waals surface area contributed by atoms with Crippen molar-refractivity contribution in [1.82, 2.24) is 15.0 Å². The molecule has 88 valence electrons. The largest absolute Gasteiger partial charge is 0.465 e. The molecule has 0 aromatic carbocycles. The number of esters is 1. The van der Waals surface area contributed by atoms with Gasteiger partial charge in [-0.2, -0.15) is 0 Å². The normalized spacial score (nSPS) is 10.3. The van der Waals surface area contributed by atoms with E-state index in [0.717, 1.165) is 5.56 Å². The summed E-state index contributed by atoms with van der Waals surface area (Å²) < 4.78 is 4.68. The van der Waals surface area contributed by atoms with Crippen LogP contribution >= 0.6 is 11.3 Å². The summed E-state index contributed by atoms with van der Waals surface area (Å²) in [6.45, 7) is 3.68. The van der Waals surface area contributed by atoms with E-state index in [1.165, 1.54) is 18.4 Å². The van der Waals surface area contributed by atoms with Crippen LogP contribution < -0.4 is 0 Å². The molecule has 0 aliphatic heterocycles. The van der Waals surface area contributed by atoms with Gasteiger partial charge in [0.25, 0.3) is 0 Å². The Kier molecular flexibility index (Phi) is 3.14. The smallest absolute Gasteiger partial charge is 0.349 e. The topological polar surface area (TPSA) is 65.0 Å². The number of aromatic nitrogens is 3. The lowest BCUT2D eigenvalue weighted by Crippen LogP contribution is -1.99. The SMILES string of the molecule is COC(=O)c1sc(-c2ncc(C)cn2)nc1C. The second-order valence-corrected chi connectivity index (χ2v) is 4.51. The number of carbonyl (C=O) groups is 1. The van der Waals surface area contributed by atoms with Gasteiger partial charge in [-0.3, -0.25) is 0 Å². The molecule has 0 spiro atoms. The maximum atomic E-state index is 11.4. The quantitative estimate of drug-likeness (QED) is 0.762. The van der Waals surface area contributed by atoms with Crippen LogP contribution in [0.5, 0.6) is 0 Å². The Bertz CT molecular complexity index is 548. The highest BCUT2D eigenvalue weighted by Gasteiger charge is 2.17. The third-order valence-corrected chi connectivity index (χ3v) is 3.27. The molecule has 2 aromatic heterocycles. The molecule has 0 amide bonds. The first-order valence-electron chi connectivity index (χ1n) is 4.96. The van der Waals surface area contributed by atoms with Gasteiger partial charge in [0.2, 0.25) is 0 Å². The number of nitrogens with zero attached hydrogens (tertiary/aromatic N) is 3. The molecule has 0 unspecified atom stereocenters. The number of aryl methyl sites for hydroxylation is 2. The highest BCUT2D eigenvalue weighted by atomic mass is 32.1. The lowest BCUT2D eigenvalue weighted by atomic mass is 10.4. The summed E-state index contributed by atoms with van der Waals surface area (Å²) in [5, 5.41) is 0.628. The number of carbonyl (C=O) groups excluding carboxylic acids is 1. The predicted octanol–water partition coefficient (Wildman–Crippen LogP) is 2.00. The second-order valence-electron chi connectivity index (χ2n) is 3.51. The predicted molar refractivity (Wildman–Crippen MR) is 64.0 cm³/mol. The first-order chi connectivity index (χ1) is 8.11. The molecule has 0 aliphatic carbocycles. The molecule has 0 saturated carbocycles. The van der Waals surface area contributed by atoms with E-state index in [1.54, 1.807) is 19.3 Å². The summed E-state index contributed by atoms with van der Waals surface area (Å²) in [4.78, 5) is 24.6. The Morgan fingerprint density at radius 2 is 1.94 bits per heavy atom. The lowest BCUT2D eigenvalue weighted by Gasteiger charge is -1.94. The number of thiazole rings is 1. The molecule has 2 heterocycles. The Morgan fingerprint density at radius 3 is 2.53 bits per heavy atom. The third-order valence-electron chi connectivity index (χ3n) is 2.14. The fraction of sp³-hybridized carbons (Fsp3) is 0.273. The van der Waals surface area contributed by atoms with E-state index in [0.29, 0.717) is 21.4 Å². The van der Waals surface area contributed by atoms with Crippen molar-refractivity contribution in [3.8, 4) is 10.8 Å². The Balaban J connectivity index is 2.41. The molecule has 2 aromatic rings. The highest BCUT2D eigenvalue weighted by Crippen LogP contribution is 2.25. The molecule has 5 nitrogen and oxygen atoms in total. The summed E-state index contributed by atoms with van der Waals surface area (Å²) in [5.74, 6) is 0.150. The number of methoxy groups -OCH3 is 1. The number of hydrogen-bond acceptors (Lipinski definition) is 6. The van der Waals surface area contributed by atoms with Crippen LogP contribution in [0.15, 0.2) is 12.4 Å². The summed E-state index contributed by atoms with van der Waals surface area (Å²) in [5.41, 5.74) is 1.62. The van der Waals surface area contributed by atoms with Gasteiger partial charge in [0.05, 0.1) is 12.8 Å². The average Bonchev–Trinajstić information content (AvgIpc) is 2.71. The maximum absolute atomic E-state index is 11.4. The molecule has 0 N–H and O–H groups in total. The Morgan fingerprint density at radius 1 is 1.29 bits per heavy atom. The second kappa shape index (κ2) is 4.58. The molecule has 2 rings (SSSR count). The van der Waals surface area contributed by atoms with Crippen molar-refractivity contribution in [3.05, 3.63) is 28.5 Å². The zero-order chi connectivity index (χ0) is 12.4. The van der Waals surface area contributed by atoms with Crippen molar-refractivity contribution in [2.75, 3.05) is 7.11 Å². The van der Waals surface area contributed by atoms with E-state index in [2.05, 4.69) is 19.7 Å². The van der Waals surface area contributed by atoms with Crippen LogP contribution in [0.4, 0.5) is 0 Å². The van der Waals surface area contributed by atoms with Crippen molar-refractivity contribution in [2.24, 2.45) is 0 Å². The van der Waals surface area contributed by atoms with Crippen LogP contribution in [0.1, 0.15) is 20.9 Å². The molecule has 0 aliphatic rings. The summed E-state index contributed by atoms with van der Waals surface area (Å²) in [7, 11) is 1.35. The third kappa shape index (κ3) is 2.31. The van der Waals surface area contributed by atoms with Gasteiger partial charge in [-0.1, -0.05) is 0 Å². The van der Waals surface area contributed by atoms with Crippen LogP contribution in [-0.4, -0.2) is 28.0 Å². The standard InChI is InChI=1S/C11H11N3O2S/c1-6-4-12-9(13-5-6)10-14-7(2)8(17-10)11(15)16-3/h4-5H,1-3H3. The molecule has 6 heteroatoms. The minimum absolute atomic E-state index is 0.377. The molecule has 0 radical (unpaired) electrons. The monoisotopic (exact) mass is 249 g/mol. The summed E-state index contributed by atoms with van der Waals surface area (Å²) >= 11 is 1.24. The van der Waals surface area contributed by atoms with E-state index in [9.17, 15) is 4.79 Å². The zero-order valence-corrected chi connectivity index (χ0v) is 10.5. The number of hydrogen-bond donors (Lipinski definition) is 0. The van der Waals surface area contributed by atoms with Crippen molar-refractivity contribution >= 4 is 17.3 Å². The molecular weight excluding hydrogens is 238 g/mol. The molecule has 0 atom stereocenters. The number of rotatable bonds is 2. The van der Waals surface area contributed by atoms with Crippen molar-refractivity contribution in [2.45, 2.75) is 13.8 Å². The van der Waals surface area contributed by atoms with Crippen molar-refractivity contribution < 1.29 is 9.53 Å². The minimum Gasteiger partial charge on any atom is -0.465 e. The fourth-order valence-corrected chi connectivity index (χ4v) is 2.21. The molecular formula is C11H11N3O2S. The van der Waals surface area contributed by atoms with E-state index in [4.69, 9.17) is 0 Å².